The van der Waals surface area contributed by atoms with Gasteiger partial charge in [0, 0.05) is 6.42 Å². The second-order valence-electron chi connectivity index (χ2n) is 2.79. The Kier molecular flexibility index (Phi) is 5.53. The SMILES string of the molecule is COC(=O)CC/C=C/C(C)C. The molecule has 0 N–H and O–H groups in total. The van der Waals surface area contributed by atoms with Crippen LogP contribution in [0.5, 0.6) is 0 Å². The Morgan fingerprint density at radius 2 is 2.18 bits per heavy atom. The van der Waals surface area contributed by atoms with Gasteiger partial charge in [0.05, 0.1) is 7.11 Å². The number of carbonyl (C=O) groups is 1. The van der Waals surface area contributed by atoms with Gasteiger partial charge in [0.25, 0.3) is 0 Å². The Hall–Kier alpha value is -0.790. The molecule has 0 spiro atoms. The van der Waals surface area contributed by atoms with Crippen molar-refractivity contribution >= 4 is 5.97 Å². The van der Waals surface area contributed by atoms with Gasteiger partial charge in [-0.15, -0.1) is 0 Å². The highest BCUT2D eigenvalue weighted by molar-refractivity contribution is 5.69. The first-order valence-electron chi connectivity index (χ1n) is 3.90. The Bertz CT molecular complexity index is 136. The summed E-state index contributed by atoms with van der Waals surface area (Å²) in [4.78, 5) is 10.6. The topological polar surface area (TPSA) is 26.3 Å². The number of hydrogen-bond acceptors (Lipinski definition) is 2. The van der Waals surface area contributed by atoms with Crippen LogP contribution in [0.4, 0.5) is 0 Å². The first-order valence-corrected chi connectivity index (χ1v) is 3.90. The summed E-state index contributed by atoms with van der Waals surface area (Å²) >= 11 is 0. The lowest BCUT2D eigenvalue weighted by Crippen LogP contribution is -1.98. The number of carbonyl (C=O) groups excluding carboxylic acids is 1. The molecule has 2 heteroatoms. The molecule has 0 rings (SSSR count). The Morgan fingerprint density at radius 1 is 1.55 bits per heavy atom. The second-order valence-corrected chi connectivity index (χ2v) is 2.79. The number of esters is 1. The van der Waals surface area contributed by atoms with E-state index in [1.165, 1.54) is 7.11 Å². The number of hydrogen-bond donors (Lipinski definition) is 0. The minimum atomic E-state index is -0.140. The summed E-state index contributed by atoms with van der Waals surface area (Å²) in [6.07, 6.45) is 5.37. The maximum atomic E-state index is 10.6. The zero-order valence-electron chi connectivity index (χ0n) is 7.46. The van der Waals surface area contributed by atoms with E-state index in [-0.39, 0.29) is 5.97 Å². The standard InChI is InChI=1S/C9H16O2/c1-8(2)6-4-5-7-9(10)11-3/h4,6,8H,5,7H2,1-3H3/b6-4+. The molecule has 0 unspecified atom stereocenters. The third kappa shape index (κ3) is 7.10. The first-order chi connectivity index (χ1) is 5.16. The normalized spacial score (nSPS) is 10.9. The molecule has 0 aromatic heterocycles. The minimum Gasteiger partial charge on any atom is -0.469 e. The molecule has 0 saturated carbocycles. The van der Waals surface area contributed by atoms with Crippen LogP contribution in [0.2, 0.25) is 0 Å². The van der Waals surface area contributed by atoms with Crippen molar-refractivity contribution in [2.75, 3.05) is 7.11 Å². The molecule has 0 aliphatic carbocycles. The van der Waals surface area contributed by atoms with Crippen LogP contribution < -0.4 is 0 Å². The second kappa shape index (κ2) is 5.96. The van der Waals surface area contributed by atoms with Gasteiger partial charge in [-0.3, -0.25) is 4.79 Å². The van der Waals surface area contributed by atoms with Crippen LogP contribution in [-0.4, -0.2) is 13.1 Å². The van der Waals surface area contributed by atoms with Gasteiger partial charge in [-0.25, -0.2) is 0 Å². The van der Waals surface area contributed by atoms with Gasteiger partial charge in [-0.2, -0.15) is 0 Å². The number of allylic oxidation sites excluding steroid dienone is 2. The lowest BCUT2D eigenvalue weighted by atomic mass is 10.2. The van der Waals surface area contributed by atoms with Crippen molar-refractivity contribution in [2.24, 2.45) is 5.92 Å². The molecule has 0 atom stereocenters. The molecule has 0 bridgehead atoms. The predicted molar refractivity (Wildman–Crippen MR) is 45.2 cm³/mol. The molecular weight excluding hydrogens is 140 g/mol. The van der Waals surface area contributed by atoms with E-state index in [1.807, 2.05) is 6.08 Å². The van der Waals surface area contributed by atoms with E-state index in [2.05, 4.69) is 24.7 Å². The van der Waals surface area contributed by atoms with Crippen molar-refractivity contribution in [3.05, 3.63) is 12.2 Å². The van der Waals surface area contributed by atoms with Crippen molar-refractivity contribution in [3.63, 3.8) is 0 Å². The van der Waals surface area contributed by atoms with E-state index in [9.17, 15) is 4.79 Å². The highest BCUT2D eigenvalue weighted by Gasteiger charge is 1.95. The third-order valence-electron chi connectivity index (χ3n) is 1.26. The average Bonchev–Trinajstić information content (AvgIpc) is 1.97. The highest BCUT2D eigenvalue weighted by Crippen LogP contribution is 1.98. The van der Waals surface area contributed by atoms with E-state index in [0.29, 0.717) is 12.3 Å². The number of ether oxygens (including phenoxy) is 1. The third-order valence-corrected chi connectivity index (χ3v) is 1.26. The van der Waals surface area contributed by atoms with Gasteiger partial charge in [0.1, 0.15) is 0 Å². The van der Waals surface area contributed by atoms with Gasteiger partial charge in [0.15, 0.2) is 0 Å². The van der Waals surface area contributed by atoms with Crippen LogP contribution in [0.25, 0.3) is 0 Å². The van der Waals surface area contributed by atoms with Gasteiger partial charge in [-0.1, -0.05) is 26.0 Å². The largest absolute Gasteiger partial charge is 0.469 e. The minimum absolute atomic E-state index is 0.140. The lowest BCUT2D eigenvalue weighted by molar-refractivity contribution is -0.140. The molecule has 0 saturated heterocycles. The molecule has 0 aliphatic heterocycles. The Morgan fingerprint density at radius 3 is 2.64 bits per heavy atom. The molecule has 0 aliphatic rings. The summed E-state index contributed by atoms with van der Waals surface area (Å²) in [6, 6.07) is 0. The molecule has 2 nitrogen and oxygen atoms in total. The summed E-state index contributed by atoms with van der Waals surface area (Å²) in [5.41, 5.74) is 0. The molecule has 0 radical (unpaired) electrons. The fourth-order valence-electron chi connectivity index (χ4n) is 0.672. The molecule has 0 aromatic carbocycles. The van der Waals surface area contributed by atoms with Gasteiger partial charge in [-0.05, 0) is 12.3 Å². The molecular formula is C9H16O2. The van der Waals surface area contributed by atoms with Crippen LogP contribution in [0.1, 0.15) is 26.7 Å². The first kappa shape index (κ1) is 10.2. The van der Waals surface area contributed by atoms with E-state index in [1.54, 1.807) is 0 Å². The summed E-state index contributed by atoms with van der Waals surface area (Å²) in [5.74, 6) is 0.422. The predicted octanol–water partition coefficient (Wildman–Crippen LogP) is 2.15. The van der Waals surface area contributed by atoms with Gasteiger partial charge < -0.3 is 4.74 Å². The monoisotopic (exact) mass is 156 g/mol. The van der Waals surface area contributed by atoms with Crippen LogP contribution in [-0.2, 0) is 9.53 Å². The van der Waals surface area contributed by atoms with Crippen LogP contribution in [0, 0.1) is 5.92 Å². The van der Waals surface area contributed by atoms with Gasteiger partial charge in [0.2, 0.25) is 0 Å². The van der Waals surface area contributed by atoms with Crippen molar-refractivity contribution in [1.82, 2.24) is 0 Å². The number of methoxy groups -OCH3 is 1. The zero-order chi connectivity index (χ0) is 8.69. The molecule has 0 fully saturated rings. The highest BCUT2D eigenvalue weighted by atomic mass is 16.5. The number of rotatable bonds is 4. The summed E-state index contributed by atoms with van der Waals surface area (Å²) < 4.78 is 4.48. The van der Waals surface area contributed by atoms with E-state index >= 15 is 0 Å². The van der Waals surface area contributed by atoms with E-state index in [0.717, 1.165) is 6.42 Å². The van der Waals surface area contributed by atoms with Gasteiger partial charge >= 0.3 is 5.97 Å². The summed E-state index contributed by atoms with van der Waals surface area (Å²) in [5, 5.41) is 0. The summed E-state index contributed by atoms with van der Waals surface area (Å²) in [6.45, 7) is 4.21. The molecule has 11 heavy (non-hydrogen) atoms. The van der Waals surface area contributed by atoms with Crippen LogP contribution >= 0.6 is 0 Å². The maximum Gasteiger partial charge on any atom is 0.305 e. The van der Waals surface area contributed by atoms with E-state index in [4.69, 9.17) is 0 Å². The Balaban J connectivity index is 3.34. The lowest BCUT2D eigenvalue weighted by Gasteiger charge is -1.95. The zero-order valence-corrected chi connectivity index (χ0v) is 7.46. The van der Waals surface area contributed by atoms with Crippen molar-refractivity contribution in [2.45, 2.75) is 26.7 Å². The van der Waals surface area contributed by atoms with Crippen LogP contribution in [0.15, 0.2) is 12.2 Å². The molecule has 0 amide bonds. The van der Waals surface area contributed by atoms with E-state index < -0.39 is 0 Å². The summed E-state index contributed by atoms with van der Waals surface area (Å²) in [7, 11) is 1.41. The quantitative estimate of drug-likeness (QED) is 0.460. The fourth-order valence-corrected chi connectivity index (χ4v) is 0.672. The van der Waals surface area contributed by atoms with Crippen molar-refractivity contribution in [3.8, 4) is 0 Å². The maximum absolute atomic E-state index is 10.6. The van der Waals surface area contributed by atoms with Crippen molar-refractivity contribution in [1.29, 1.82) is 0 Å². The van der Waals surface area contributed by atoms with Crippen molar-refractivity contribution < 1.29 is 9.53 Å². The van der Waals surface area contributed by atoms with Crippen LogP contribution in [0.3, 0.4) is 0 Å². The Labute approximate surface area is 68.2 Å². The molecule has 64 valence electrons. The fraction of sp³-hybridized carbons (Fsp3) is 0.667. The smallest absolute Gasteiger partial charge is 0.305 e. The average molecular weight is 156 g/mol. The molecule has 0 heterocycles. The molecule has 0 aromatic rings.